The van der Waals surface area contributed by atoms with Gasteiger partial charge in [-0.3, -0.25) is 4.18 Å². The van der Waals surface area contributed by atoms with Crippen molar-refractivity contribution in [2.75, 3.05) is 0 Å². The van der Waals surface area contributed by atoms with Gasteiger partial charge in [-0.25, -0.2) is 0 Å². The van der Waals surface area contributed by atoms with E-state index in [1.807, 2.05) is 31.2 Å². The van der Waals surface area contributed by atoms with Crippen molar-refractivity contribution < 1.29 is 17.0 Å². The highest BCUT2D eigenvalue weighted by atomic mass is 32.2. The van der Waals surface area contributed by atoms with Crippen molar-refractivity contribution in [2.24, 2.45) is 0 Å². The van der Waals surface area contributed by atoms with E-state index in [9.17, 15) is 8.42 Å². The Labute approximate surface area is 145 Å². The van der Waals surface area contributed by atoms with Gasteiger partial charge in [0.1, 0.15) is 0 Å². The Hall–Kier alpha value is -1.47. The number of hydrogen-bond donors (Lipinski definition) is 0. The topological polar surface area (TPSA) is 52.6 Å². The van der Waals surface area contributed by atoms with Crippen LogP contribution < -0.4 is 0 Å². The predicted molar refractivity (Wildman–Crippen MR) is 97.7 cm³/mol. The molecule has 0 N–H and O–H groups in total. The quantitative estimate of drug-likeness (QED) is 0.544. The van der Waals surface area contributed by atoms with Gasteiger partial charge in [-0.05, 0) is 49.8 Å². The summed E-state index contributed by atoms with van der Waals surface area (Å²) in [7, 11) is -5.41. The Morgan fingerprint density at radius 3 is 1.96 bits per heavy atom. The van der Waals surface area contributed by atoms with Gasteiger partial charge in [-0.1, -0.05) is 42.0 Å². The molecule has 0 unspecified atom stereocenters. The maximum Gasteiger partial charge on any atom is 0.297 e. The molecule has 0 heterocycles. The molecule has 130 valence electrons. The van der Waals surface area contributed by atoms with E-state index in [1.54, 1.807) is 24.3 Å². The number of rotatable bonds is 7. The van der Waals surface area contributed by atoms with Crippen molar-refractivity contribution in [2.45, 2.75) is 44.7 Å². The fourth-order valence-electron chi connectivity index (χ4n) is 2.05. The highest BCUT2D eigenvalue weighted by molar-refractivity contribution is 7.86. The molecule has 0 saturated heterocycles. The first-order valence-electron chi connectivity index (χ1n) is 7.84. The molecule has 0 aliphatic heterocycles. The normalized spacial score (nSPS) is 12.3. The molecule has 0 aliphatic rings. The molecule has 0 saturated carbocycles. The number of hydrogen-bond acceptors (Lipinski definition) is 4. The highest BCUT2D eigenvalue weighted by Gasteiger charge is 2.18. The van der Waals surface area contributed by atoms with Gasteiger partial charge >= 0.3 is 0 Å². The summed E-state index contributed by atoms with van der Waals surface area (Å²) in [6.07, 6.45) is 0. The summed E-state index contributed by atoms with van der Waals surface area (Å²) in [5, 5.41) is 0. The SMILES string of the molecule is Cc1ccc(S(=O)(=O)OCc2ccccc2CO[Si](C)(C)C)cc1. The Morgan fingerprint density at radius 1 is 0.875 bits per heavy atom. The molecule has 0 amide bonds. The second kappa shape index (κ2) is 7.61. The van der Waals surface area contributed by atoms with Gasteiger partial charge in [0, 0.05) is 0 Å². The number of aryl methyl sites for hydroxylation is 1. The Bertz CT molecular complexity index is 777. The highest BCUT2D eigenvalue weighted by Crippen LogP contribution is 2.19. The van der Waals surface area contributed by atoms with Gasteiger partial charge in [0.2, 0.25) is 0 Å². The van der Waals surface area contributed by atoms with E-state index in [4.69, 9.17) is 8.61 Å². The molecule has 0 radical (unpaired) electrons. The third-order valence-corrected chi connectivity index (χ3v) is 5.75. The monoisotopic (exact) mass is 364 g/mol. The summed E-state index contributed by atoms with van der Waals surface area (Å²) in [4.78, 5) is 0.170. The van der Waals surface area contributed by atoms with Gasteiger partial charge in [0.05, 0.1) is 18.1 Å². The molecule has 0 atom stereocenters. The summed E-state index contributed by atoms with van der Waals surface area (Å²) in [5.74, 6) is 0. The minimum atomic E-state index is -3.77. The molecule has 2 aromatic rings. The lowest BCUT2D eigenvalue weighted by atomic mass is 10.1. The lowest BCUT2D eigenvalue weighted by Gasteiger charge is -2.18. The second-order valence-corrected chi connectivity index (χ2v) is 12.8. The van der Waals surface area contributed by atoms with Crippen molar-refractivity contribution in [1.29, 1.82) is 0 Å². The van der Waals surface area contributed by atoms with Crippen LogP contribution in [0.3, 0.4) is 0 Å². The van der Waals surface area contributed by atoms with E-state index in [0.29, 0.717) is 6.61 Å². The lowest BCUT2D eigenvalue weighted by molar-refractivity contribution is 0.283. The molecule has 2 rings (SSSR count). The molecular weight excluding hydrogens is 340 g/mol. The largest absolute Gasteiger partial charge is 0.413 e. The third-order valence-electron chi connectivity index (χ3n) is 3.46. The second-order valence-electron chi connectivity index (χ2n) is 6.70. The molecule has 0 aliphatic carbocycles. The molecule has 6 heteroatoms. The van der Waals surface area contributed by atoms with E-state index in [2.05, 4.69) is 19.6 Å². The summed E-state index contributed by atoms with van der Waals surface area (Å²) in [6.45, 7) is 8.74. The first-order chi connectivity index (χ1) is 11.2. The first kappa shape index (κ1) is 18.9. The first-order valence-corrected chi connectivity index (χ1v) is 12.7. The lowest BCUT2D eigenvalue weighted by Crippen LogP contribution is -2.25. The van der Waals surface area contributed by atoms with Crippen LogP contribution in [0, 0.1) is 6.92 Å². The zero-order chi connectivity index (χ0) is 17.8. The smallest absolute Gasteiger partial charge is 0.297 e. The molecule has 4 nitrogen and oxygen atoms in total. The van der Waals surface area contributed by atoms with Crippen LogP contribution in [0.5, 0.6) is 0 Å². The summed E-state index contributed by atoms with van der Waals surface area (Å²) in [5.41, 5.74) is 2.79. The van der Waals surface area contributed by atoms with Gasteiger partial charge in [-0.2, -0.15) is 8.42 Å². The van der Waals surface area contributed by atoms with Crippen LogP contribution >= 0.6 is 0 Å². The van der Waals surface area contributed by atoms with Crippen molar-refractivity contribution in [3.8, 4) is 0 Å². The van der Waals surface area contributed by atoms with E-state index >= 15 is 0 Å². The van der Waals surface area contributed by atoms with Crippen LogP contribution in [0.2, 0.25) is 19.6 Å². The standard InChI is InChI=1S/C18H24O4SSi/c1-15-9-11-18(12-10-15)23(19,20)21-13-16-7-5-6-8-17(16)14-22-24(2,3)4/h5-12H,13-14H2,1-4H3. The van der Waals surface area contributed by atoms with Crippen molar-refractivity contribution in [3.05, 3.63) is 65.2 Å². The molecular formula is C18H24O4SSi. The summed E-state index contributed by atoms with van der Waals surface area (Å²) in [6, 6.07) is 14.2. The molecule has 0 bridgehead atoms. The van der Waals surface area contributed by atoms with E-state index in [0.717, 1.165) is 16.7 Å². The molecule has 0 fully saturated rings. The Kier molecular flexibility index (Phi) is 5.98. The average Bonchev–Trinajstić information content (AvgIpc) is 2.51. The zero-order valence-electron chi connectivity index (χ0n) is 14.6. The molecule has 0 aromatic heterocycles. The fraction of sp³-hybridized carbons (Fsp3) is 0.333. The van der Waals surface area contributed by atoms with Crippen molar-refractivity contribution >= 4 is 18.4 Å². The van der Waals surface area contributed by atoms with Crippen LogP contribution in [0.25, 0.3) is 0 Å². The van der Waals surface area contributed by atoms with Gasteiger partial charge in [-0.15, -0.1) is 0 Å². The Morgan fingerprint density at radius 2 is 1.42 bits per heavy atom. The number of benzene rings is 2. The fourth-order valence-corrected chi connectivity index (χ4v) is 3.52. The molecule has 24 heavy (non-hydrogen) atoms. The van der Waals surface area contributed by atoms with E-state index < -0.39 is 18.4 Å². The van der Waals surface area contributed by atoms with Crippen LogP contribution in [-0.4, -0.2) is 16.7 Å². The molecule has 2 aromatic carbocycles. The molecule has 0 spiro atoms. The summed E-state index contributed by atoms with van der Waals surface area (Å²) < 4.78 is 35.8. The maximum atomic E-state index is 12.3. The average molecular weight is 365 g/mol. The zero-order valence-corrected chi connectivity index (χ0v) is 16.4. The van der Waals surface area contributed by atoms with Crippen molar-refractivity contribution in [3.63, 3.8) is 0 Å². The minimum absolute atomic E-state index is 0.00143. The van der Waals surface area contributed by atoms with Gasteiger partial charge in [0.25, 0.3) is 10.1 Å². The summed E-state index contributed by atoms with van der Waals surface area (Å²) >= 11 is 0. The van der Waals surface area contributed by atoms with Crippen LogP contribution in [0.4, 0.5) is 0 Å². The van der Waals surface area contributed by atoms with Gasteiger partial charge < -0.3 is 4.43 Å². The van der Waals surface area contributed by atoms with E-state index in [-0.39, 0.29) is 11.5 Å². The third kappa shape index (κ3) is 5.56. The Balaban J connectivity index is 2.10. The van der Waals surface area contributed by atoms with Crippen LogP contribution in [0.15, 0.2) is 53.4 Å². The minimum Gasteiger partial charge on any atom is -0.413 e. The predicted octanol–water partition coefficient (Wildman–Crippen LogP) is 4.25. The van der Waals surface area contributed by atoms with Crippen LogP contribution in [0.1, 0.15) is 16.7 Å². The van der Waals surface area contributed by atoms with Crippen LogP contribution in [-0.2, 0) is 31.9 Å². The maximum absolute atomic E-state index is 12.3. The van der Waals surface area contributed by atoms with E-state index in [1.165, 1.54) is 0 Å². The van der Waals surface area contributed by atoms with Gasteiger partial charge in [0.15, 0.2) is 8.32 Å². The van der Waals surface area contributed by atoms with Crippen molar-refractivity contribution in [1.82, 2.24) is 0 Å².